The van der Waals surface area contributed by atoms with E-state index < -0.39 is 0 Å². The quantitative estimate of drug-likeness (QED) is 0.476. The Kier molecular flexibility index (Phi) is 5.17. The number of hydrogen-bond donors (Lipinski definition) is 0. The van der Waals surface area contributed by atoms with Gasteiger partial charge in [0.05, 0.1) is 13.2 Å². The normalized spacial score (nSPS) is 16.6. The van der Waals surface area contributed by atoms with E-state index in [4.69, 9.17) is 20.9 Å². The van der Waals surface area contributed by atoms with Gasteiger partial charge in [-0.2, -0.15) is 0 Å². The van der Waals surface area contributed by atoms with Gasteiger partial charge in [-0.05, 0) is 31.2 Å². The number of benzene rings is 1. The number of morpholine rings is 1. The van der Waals surface area contributed by atoms with E-state index in [1.807, 2.05) is 61.0 Å². The van der Waals surface area contributed by atoms with Gasteiger partial charge >= 0.3 is 0 Å². The number of nitrogens with zero attached hydrogens (tertiary/aromatic N) is 6. The van der Waals surface area contributed by atoms with Gasteiger partial charge in [-0.25, -0.2) is 0 Å². The van der Waals surface area contributed by atoms with Crippen molar-refractivity contribution in [1.29, 1.82) is 0 Å². The highest BCUT2D eigenvalue weighted by atomic mass is 35.5. The Balaban J connectivity index is 1.47. The molecule has 3 aromatic heterocycles. The topological polar surface area (TPSA) is 82.1 Å². The van der Waals surface area contributed by atoms with Crippen molar-refractivity contribution in [1.82, 2.24) is 24.9 Å². The summed E-state index contributed by atoms with van der Waals surface area (Å²) >= 11 is 6.12. The molecule has 4 aromatic rings. The first-order valence-electron chi connectivity index (χ1n) is 9.99. The summed E-state index contributed by atoms with van der Waals surface area (Å²) in [6, 6.07) is 13.2. The largest absolute Gasteiger partial charge is 0.377 e. The maximum absolute atomic E-state index is 6.12. The number of aromatic nitrogens is 5. The highest BCUT2D eigenvalue weighted by molar-refractivity contribution is 6.30. The number of halogens is 1. The van der Waals surface area contributed by atoms with Crippen molar-refractivity contribution in [3.63, 3.8) is 0 Å². The van der Waals surface area contributed by atoms with Crippen LogP contribution in [0.5, 0.6) is 0 Å². The standard InChI is InChI=1S/C22H21ClN6O2/c1-14-10-16(6-7-24-14)21-25-26-22(28(21)2)29-8-9-30-13-19(29)18-12-20(31-27-18)15-4-3-5-17(23)11-15/h3-7,10-12,19H,8-9,13H2,1-2H3. The Morgan fingerprint density at radius 1 is 1.10 bits per heavy atom. The summed E-state index contributed by atoms with van der Waals surface area (Å²) in [4.78, 5) is 6.43. The zero-order valence-corrected chi connectivity index (χ0v) is 18.0. The number of ether oxygens (including phenoxy) is 1. The van der Waals surface area contributed by atoms with Gasteiger partial charge in [0, 0.05) is 47.7 Å². The maximum atomic E-state index is 6.12. The molecule has 0 radical (unpaired) electrons. The molecule has 1 fully saturated rings. The molecule has 0 amide bonds. The number of hydrogen-bond acceptors (Lipinski definition) is 7. The summed E-state index contributed by atoms with van der Waals surface area (Å²) in [5, 5.41) is 13.9. The summed E-state index contributed by atoms with van der Waals surface area (Å²) in [6.45, 7) is 3.72. The van der Waals surface area contributed by atoms with Crippen molar-refractivity contribution >= 4 is 17.5 Å². The average Bonchev–Trinajstić information content (AvgIpc) is 3.41. The molecule has 1 atom stereocenters. The summed E-state index contributed by atoms with van der Waals surface area (Å²) in [5.74, 6) is 2.20. The van der Waals surface area contributed by atoms with Crippen LogP contribution in [0.1, 0.15) is 17.4 Å². The zero-order chi connectivity index (χ0) is 21.4. The van der Waals surface area contributed by atoms with Gasteiger partial charge in [0.1, 0.15) is 11.7 Å². The molecular weight excluding hydrogens is 416 g/mol. The third-order valence-electron chi connectivity index (χ3n) is 5.37. The Morgan fingerprint density at radius 2 is 2.00 bits per heavy atom. The summed E-state index contributed by atoms with van der Waals surface area (Å²) in [6.07, 6.45) is 1.78. The van der Waals surface area contributed by atoms with E-state index in [0.717, 1.165) is 34.3 Å². The van der Waals surface area contributed by atoms with Crippen molar-refractivity contribution in [3.05, 3.63) is 65.1 Å². The van der Waals surface area contributed by atoms with E-state index >= 15 is 0 Å². The lowest BCUT2D eigenvalue weighted by Crippen LogP contribution is -2.41. The van der Waals surface area contributed by atoms with Gasteiger partial charge < -0.3 is 14.2 Å². The number of anilines is 1. The van der Waals surface area contributed by atoms with Gasteiger partial charge in [-0.15, -0.1) is 10.2 Å². The van der Waals surface area contributed by atoms with E-state index in [2.05, 4.69) is 25.2 Å². The molecule has 1 unspecified atom stereocenters. The molecule has 0 bridgehead atoms. The van der Waals surface area contributed by atoms with Crippen LogP contribution in [-0.4, -0.2) is 44.7 Å². The van der Waals surface area contributed by atoms with Gasteiger partial charge in [-0.3, -0.25) is 9.55 Å². The third-order valence-corrected chi connectivity index (χ3v) is 5.61. The number of rotatable bonds is 4. The average molecular weight is 437 g/mol. The highest BCUT2D eigenvalue weighted by Crippen LogP contribution is 2.32. The first-order chi connectivity index (χ1) is 15.1. The second kappa shape index (κ2) is 8.13. The first kappa shape index (κ1) is 19.7. The van der Waals surface area contributed by atoms with Crippen LogP contribution in [0.4, 0.5) is 5.95 Å². The Morgan fingerprint density at radius 3 is 2.84 bits per heavy atom. The summed E-state index contributed by atoms with van der Waals surface area (Å²) in [5.41, 5.74) is 3.56. The molecule has 8 nitrogen and oxygen atoms in total. The van der Waals surface area contributed by atoms with Crippen LogP contribution < -0.4 is 4.90 Å². The first-order valence-corrected chi connectivity index (χ1v) is 10.4. The summed E-state index contributed by atoms with van der Waals surface area (Å²) < 4.78 is 13.4. The van der Waals surface area contributed by atoms with Gasteiger partial charge in [-0.1, -0.05) is 28.9 Å². The fourth-order valence-corrected chi connectivity index (χ4v) is 4.01. The molecule has 0 N–H and O–H groups in total. The van der Waals surface area contributed by atoms with Crippen LogP contribution in [0.15, 0.2) is 53.2 Å². The van der Waals surface area contributed by atoms with E-state index in [-0.39, 0.29) is 6.04 Å². The minimum absolute atomic E-state index is 0.139. The van der Waals surface area contributed by atoms with Crippen LogP contribution in [0.2, 0.25) is 5.02 Å². The molecular formula is C22H21ClN6O2. The van der Waals surface area contributed by atoms with Crippen LogP contribution in [-0.2, 0) is 11.8 Å². The molecule has 1 saturated heterocycles. The molecule has 1 aromatic carbocycles. The zero-order valence-electron chi connectivity index (χ0n) is 17.2. The second-order valence-electron chi connectivity index (χ2n) is 7.48. The van der Waals surface area contributed by atoms with Crippen LogP contribution in [0.3, 0.4) is 0 Å². The van der Waals surface area contributed by atoms with Gasteiger partial charge in [0.25, 0.3) is 0 Å². The minimum Gasteiger partial charge on any atom is -0.377 e. The smallest absolute Gasteiger partial charge is 0.227 e. The van der Waals surface area contributed by atoms with E-state index in [1.165, 1.54) is 0 Å². The van der Waals surface area contributed by atoms with Crippen molar-refractivity contribution in [2.45, 2.75) is 13.0 Å². The lowest BCUT2D eigenvalue weighted by atomic mass is 10.1. The molecule has 1 aliphatic heterocycles. The molecule has 31 heavy (non-hydrogen) atoms. The molecule has 9 heteroatoms. The molecule has 5 rings (SSSR count). The summed E-state index contributed by atoms with van der Waals surface area (Å²) in [7, 11) is 1.97. The van der Waals surface area contributed by atoms with Crippen LogP contribution in [0, 0.1) is 6.92 Å². The molecule has 0 saturated carbocycles. The van der Waals surface area contributed by atoms with Crippen molar-refractivity contribution in [2.75, 3.05) is 24.7 Å². The molecule has 0 aliphatic carbocycles. The predicted octanol–water partition coefficient (Wildman–Crippen LogP) is 4.07. The predicted molar refractivity (Wildman–Crippen MR) is 117 cm³/mol. The fourth-order valence-electron chi connectivity index (χ4n) is 3.82. The lowest BCUT2D eigenvalue weighted by Gasteiger charge is -2.34. The SMILES string of the molecule is Cc1cc(-c2nnc(N3CCOCC3c3cc(-c4cccc(Cl)c4)on3)n2C)ccn1. The molecule has 0 spiro atoms. The van der Waals surface area contributed by atoms with Gasteiger partial charge in [0.2, 0.25) is 5.95 Å². The molecule has 158 valence electrons. The van der Waals surface area contributed by atoms with E-state index in [0.29, 0.717) is 30.5 Å². The maximum Gasteiger partial charge on any atom is 0.227 e. The van der Waals surface area contributed by atoms with Crippen molar-refractivity contribution in [2.24, 2.45) is 7.05 Å². The monoisotopic (exact) mass is 436 g/mol. The van der Waals surface area contributed by atoms with Crippen molar-refractivity contribution in [3.8, 4) is 22.7 Å². The van der Waals surface area contributed by atoms with Gasteiger partial charge in [0.15, 0.2) is 11.6 Å². The highest BCUT2D eigenvalue weighted by Gasteiger charge is 2.31. The van der Waals surface area contributed by atoms with E-state index in [9.17, 15) is 0 Å². The Bertz CT molecular complexity index is 1220. The molecule has 4 heterocycles. The van der Waals surface area contributed by atoms with Crippen LogP contribution in [0.25, 0.3) is 22.7 Å². The van der Waals surface area contributed by atoms with Crippen molar-refractivity contribution < 1.29 is 9.26 Å². The number of aryl methyl sites for hydroxylation is 1. The number of pyridine rings is 1. The van der Waals surface area contributed by atoms with E-state index in [1.54, 1.807) is 6.20 Å². The lowest BCUT2D eigenvalue weighted by molar-refractivity contribution is 0.0908. The second-order valence-corrected chi connectivity index (χ2v) is 7.92. The van der Waals surface area contributed by atoms with Crippen LogP contribution >= 0.6 is 11.6 Å². The molecule has 1 aliphatic rings. The Labute approximate surface area is 184 Å². The minimum atomic E-state index is -0.139. The third kappa shape index (κ3) is 3.80. The fraction of sp³-hybridized carbons (Fsp3) is 0.273. The Hall–Kier alpha value is -3.23.